The fourth-order valence-electron chi connectivity index (χ4n) is 2.70. The summed E-state index contributed by atoms with van der Waals surface area (Å²) >= 11 is 1.39. The Bertz CT molecular complexity index is 1030. The first-order valence-corrected chi connectivity index (χ1v) is 8.83. The average Bonchev–Trinajstić information content (AvgIpc) is 3.25. The summed E-state index contributed by atoms with van der Waals surface area (Å²) in [6.45, 7) is 3.60. The lowest BCUT2D eigenvalue weighted by atomic mass is 10.3. The number of furan rings is 1. The van der Waals surface area contributed by atoms with Gasteiger partial charge in [0.05, 0.1) is 17.4 Å². The molecule has 0 radical (unpaired) electrons. The van der Waals surface area contributed by atoms with Crippen LogP contribution in [0.25, 0.3) is 6.08 Å². The van der Waals surface area contributed by atoms with Gasteiger partial charge < -0.3 is 14.1 Å². The number of anilines is 1. The second kappa shape index (κ2) is 6.60. The smallest absolute Gasteiger partial charge is 0.271 e. The Morgan fingerprint density at radius 2 is 2.16 bits per heavy atom. The zero-order valence-electron chi connectivity index (χ0n) is 13.7. The van der Waals surface area contributed by atoms with Gasteiger partial charge in [0.2, 0.25) is 0 Å². The first kappa shape index (κ1) is 15.7. The van der Waals surface area contributed by atoms with Gasteiger partial charge in [-0.3, -0.25) is 9.36 Å². The van der Waals surface area contributed by atoms with Crippen LogP contribution in [0.2, 0.25) is 0 Å². The topological polar surface area (TPSA) is 60.0 Å². The summed E-state index contributed by atoms with van der Waals surface area (Å²) in [7, 11) is 0. The predicted molar refractivity (Wildman–Crippen MR) is 96.6 cm³/mol. The number of benzene rings is 1. The van der Waals surface area contributed by atoms with Crippen LogP contribution < -0.4 is 24.5 Å². The standard InChI is InChI=1S/C18H17N3O3S/c1-2-23-14-7-5-13(6-8-14)20-11-19-18-21(12-20)17(22)16(25-18)10-15-4-3-9-24-15/h3-10H,2,11-12H2,1H3/b16-10-. The van der Waals surface area contributed by atoms with E-state index in [2.05, 4.69) is 4.99 Å². The van der Waals surface area contributed by atoms with Crippen molar-refractivity contribution >= 4 is 23.1 Å². The zero-order valence-corrected chi connectivity index (χ0v) is 14.5. The van der Waals surface area contributed by atoms with Crippen molar-refractivity contribution in [1.29, 1.82) is 0 Å². The summed E-state index contributed by atoms with van der Waals surface area (Å²) in [5, 5.41) is 0. The summed E-state index contributed by atoms with van der Waals surface area (Å²) in [5.41, 5.74) is 0.961. The zero-order chi connectivity index (χ0) is 17.2. The van der Waals surface area contributed by atoms with Crippen LogP contribution in [0.1, 0.15) is 12.7 Å². The fourth-order valence-corrected chi connectivity index (χ4v) is 3.64. The molecule has 2 aromatic heterocycles. The number of fused-ring (bicyclic) bond motifs is 1. The Morgan fingerprint density at radius 3 is 2.88 bits per heavy atom. The molecule has 0 fully saturated rings. The highest BCUT2D eigenvalue weighted by Gasteiger charge is 2.16. The monoisotopic (exact) mass is 355 g/mol. The molecule has 4 rings (SSSR count). The first-order chi connectivity index (χ1) is 12.2. The molecule has 0 saturated carbocycles. The molecule has 1 aliphatic rings. The van der Waals surface area contributed by atoms with Crippen LogP contribution in [0, 0.1) is 0 Å². The van der Waals surface area contributed by atoms with E-state index in [0.717, 1.165) is 16.2 Å². The van der Waals surface area contributed by atoms with E-state index in [4.69, 9.17) is 9.15 Å². The van der Waals surface area contributed by atoms with Crippen LogP contribution in [0.3, 0.4) is 0 Å². The minimum atomic E-state index is -0.0456. The molecule has 0 atom stereocenters. The van der Waals surface area contributed by atoms with Crippen molar-refractivity contribution in [3.8, 4) is 5.75 Å². The number of thiazole rings is 1. The molecule has 3 heterocycles. The van der Waals surface area contributed by atoms with Gasteiger partial charge in [-0.15, -0.1) is 0 Å². The predicted octanol–water partition coefficient (Wildman–Crippen LogP) is 1.79. The van der Waals surface area contributed by atoms with E-state index in [9.17, 15) is 4.79 Å². The van der Waals surface area contributed by atoms with E-state index < -0.39 is 0 Å². The maximum atomic E-state index is 12.6. The minimum absolute atomic E-state index is 0.0456. The van der Waals surface area contributed by atoms with Gasteiger partial charge in [0, 0.05) is 11.8 Å². The number of hydrogen-bond acceptors (Lipinski definition) is 6. The van der Waals surface area contributed by atoms with Crippen molar-refractivity contribution in [2.45, 2.75) is 13.6 Å². The van der Waals surface area contributed by atoms with Gasteiger partial charge >= 0.3 is 0 Å². The van der Waals surface area contributed by atoms with Gasteiger partial charge in [0.25, 0.3) is 5.56 Å². The van der Waals surface area contributed by atoms with E-state index in [1.165, 1.54) is 11.3 Å². The SMILES string of the molecule is CCOc1ccc(N2CN=c3s/c(=C\c4ccco4)c(=O)n3C2)cc1. The molecule has 1 aromatic carbocycles. The van der Waals surface area contributed by atoms with Gasteiger partial charge in [0.15, 0.2) is 4.80 Å². The summed E-state index contributed by atoms with van der Waals surface area (Å²) in [6.07, 6.45) is 3.35. The Labute approximate surface area is 147 Å². The van der Waals surface area contributed by atoms with Crippen molar-refractivity contribution < 1.29 is 9.15 Å². The van der Waals surface area contributed by atoms with E-state index in [1.807, 2.05) is 42.2 Å². The molecule has 1 aliphatic heterocycles. The highest BCUT2D eigenvalue weighted by atomic mass is 32.1. The number of ether oxygens (including phenoxy) is 1. The third-order valence-electron chi connectivity index (χ3n) is 3.91. The third-order valence-corrected chi connectivity index (χ3v) is 4.95. The molecule has 128 valence electrons. The van der Waals surface area contributed by atoms with Crippen molar-refractivity contribution in [2.75, 3.05) is 18.2 Å². The van der Waals surface area contributed by atoms with Crippen LogP contribution >= 0.6 is 11.3 Å². The molecule has 0 amide bonds. The highest BCUT2D eigenvalue weighted by molar-refractivity contribution is 7.07. The minimum Gasteiger partial charge on any atom is -0.494 e. The van der Waals surface area contributed by atoms with Gasteiger partial charge in [-0.25, -0.2) is 4.99 Å². The Kier molecular flexibility index (Phi) is 4.15. The first-order valence-electron chi connectivity index (χ1n) is 8.02. The molecule has 25 heavy (non-hydrogen) atoms. The Balaban J connectivity index is 1.63. The maximum absolute atomic E-state index is 12.6. The lowest BCUT2D eigenvalue weighted by molar-refractivity contribution is 0.340. The normalized spacial score (nSPS) is 14.3. The van der Waals surface area contributed by atoms with Crippen LogP contribution in [0.15, 0.2) is 56.9 Å². The van der Waals surface area contributed by atoms with Gasteiger partial charge in [-0.1, -0.05) is 11.3 Å². The molecule has 0 unspecified atom stereocenters. The maximum Gasteiger partial charge on any atom is 0.271 e. The van der Waals surface area contributed by atoms with Crippen LogP contribution in [-0.4, -0.2) is 17.8 Å². The number of hydrogen-bond donors (Lipinski definition) is 0. The lowest BCUT2D eigenvalue weighted by Crippen LogP contribution is -2.42. The quantitative estimate of drug-likeness (QED) is 0.716. The summed E-state index contributed by atoms with van der Waals surface area (Å²) in [5.74, 6) is 1.50. The Hall–Kier alpha value is -2.80. The summed E-state index contributed by atoms with van der Waals surface area (Å²) < 4.78 is 13.1. The van der Waals surface area contributed by atoms with Crippen molar-refractivity contribution in [3.63, 3.8) is 0 Å². The molecular weight excluding hydrogens is 338 g/mol. The number of aromatic nitrogens is 1. The molecule has 3 aromatic rings. The van der Waals surface area contributed by atoms with Gasteiger partial charge in [-0.05, 0) is 43.3 Å². The number of rotatable bonds is 4. The largest absolute Gasteiger partial charge is 0.494 e. The molecule has 0 bridgehead atoms. The van der Waals surface area contributed by atoms with E-state index in [-0.39, 0.29) is 5.56 Å². The summed E-state index contributed by atoms with van der Waals surface area (Å²) in [6, 6.07) is 11.5. The van der Waals surface area contributed by atoms with E-state index in [0.29, 0.717) is 30.2 Å². The highest BCUT2D eigenvalue weighted by Crippen LogP contribution is 2.20. The molecule has 0 N–H and O–H groups in total. The third kappa shape index (κ3) is 3.10. The van der Waals surface area contributed by atoms with E-state index >= 15 is 0 Å². The molecule has 6 nitrogen and oxygen atoms in total. The van der Waals surface area contributed by atoms with Crippen LogP contribution in [0.5, 0.6) is 5.75 Å². The van der Waals surface area contributed by atoms with Crippen molar-refractivity contribution in [1.82, 2.24) is 4.57 Å². The van der Waals surface area contributed by atoms with Crippen LogP contribution in [0.4, 0.5) is 5.69 Å². The van der Waals surface area contributed by atoms with Crippen molar-refractivity contribution in [3.05, 3.63) is 68.1 Å². The fraction of sp³-hybridized carbons (Fsp3) is 0.222. The van der Waals surface area contributed by atoms with Crippen molar-refractivity contribution in [2.24, 2.45) is 4.99 Å². The van der Waals surface area contributed by atoms with Gasteiger partial charge in [0.1, 0.15) is 24.8 Å². The Morgan fingerprint density at radius 1 is 1.32 bits per heavy atom. The average molecular weight is 355 g/mol. The second-order valence-corrected chi connectivity index (χ2v) is 6.56. The number of nitrogens with zero attached hydrogens (tertiary/aromatic N) is 3. The molecule has 7 heteroatoms. The second-order valence-electron chi connectivity index (χ2n) is 5.55. The molecule has 0 spiro atoms. The van der Waals surface area contributed by atoms with E-state index in [1.54, 1.807) is 23.0 Å². The molecule has 0 saturated heterocycles. The molecular formula is C18H17N3O3S. The van der Waals surface area contributed by atoms with Crippen LogP contribution in [-0.2, 0) is 6.67 Å². The lowest BCUT2D eigenvalue weighted by Gasteiger charge is -2.25. The summed E-state index contributed by atoms with van der Waals surface area (Å²) in [4.78, 5) is 20.0. The molecule has 0 aliphatic carbocycles. The van der Waals surface area contributed by atoms with Gasteiger partial charge in [-0.2, -0.15) is 0 Å².